The largest absolute Gasteiger partial charge is 0.490 e. The Morgan fingerprint density at radius 2 is 1.74 bits per heavy atom. The van der Waals surface area contributed by atoms with Crippen LogP contribution in [0.25, 0.3) is 11.0 Å². The number of amides is 1. The SMILES string of the molecule is Cc1cc2c(C(C)C)c(C(=O)N3CC(C)OC(C)C3)oc2cc1OC1CCN(C2CCC2)CC1. The van der Waals surface area contributed by atoms with Gasteiger partial charge in [-0.15, -0.1) is 0 Å². The van der Waals surface area contributed by atoms with Crippen molar-refractivity contribution in [1.82, 2.24) is 9.80 Å². The molecule has 6 nitrogen and oxygen atoms in total. The number of carbonyl (C=O) groups is 1. The van der Waals surface area contributed by atoms with Crippen LogP contribution in [0.4, 0.5) is 0 Å². The first-order valence-corrected chi connectivity index (χ1v) is 13.2. The predicted octanol–water partition coefficient (Wildman–Crippen LogP) is 5.51. The van der Waals surface area contributed by atoms with E-state index in [0.717, 1.165) is 59.8 Å². The molecular formula is C28H40N2O4. The molecule has 1 aromatic carbocycles. The quantitative estimate of drug-likeness (QED) is 0.579. The summed E-state index contributed by atoms with van der Waals surface area (Å²) in [5, 5.41) is 1.03. The van der Waals surface area contributed by atoms with Gasteiger partial charge in [-0.3, -0.25) is 4.79 Å². The number of hydrogen-bond donors (Lipinski definition) is 0. The minimum absolute atomic E-state index is 0.0255. The average Bonchev–Trinajstić information content (AvgIpc) is 3.11. The van der Waals surface area contributed by atoms with Crippen LogP contribution in [0.15, 0.2) is 16.5 Å². The third-order valence-electron chi connectivity index (χ3n) is 7.86. The molecule has 34 heavy (non-hydrogen) atoms. The number of benzene rings is 1. The van der Waals surface area contributed by atoms with Crippen molar-refractivity contribution in [2.75, 3.05) is 26.2 Å². The van der Waals surface area contributed by atoms with E-state index in [1.54, 1.807) is 0 Å². The predicted molar refractivity (Wildman–Crippen MR) is 134 cm³/mol. The molecule has 1 saturated carbocycles. The van der Waals surface area contributed by atoms with Crippen LogP contribution in [0, 0.1) is 6.92 Å². The van der Waals surface area contributed by atoms with Gasteiger partial charge in [0.15, 0.2) is 5.76 Å². The molecule has 1 aromatic heterocycles. The number of morpholine rings is 1. The number of carbonyl (C=O) groups excluding carboxylic acids is 1. The molecule has 3 aliphatic rings. The van der Waals surface area contributed by atoms with Gasteiger partial charge in [0, 0.05) is 49.2 Å². The van der Waals surface area contributed by atoms with Crippen molar-refractivity contribution < 1.29 is 18.7 Å². The third kappa shape index (κ3) is 4.59. The maximum atomic E-state index is 13.5. The highest BCUT2D eigenvalue weighted by atomic mass is 16.5. The average molecular weight is 469 g/mol. The van der Waals surface area contributed by atoms with Gasteiger partial charge in [0.05, 0.1) is 12.2 Å². The van der Waals surface area contributed by atoms with Crippen molar-refractivity contribution in [1.29, 1.82) is 0 Å². The van der Waals surface area contributed by atoms with Gasteiger partial charge in [-0.25, -0.2) is 0 Å². The van der Waals surface area contributed by atoms with Crippen LogP contribution >= 0.6 is 0 Å². The fourth-order valence-corrected chi connectivity index (χ4v) is 5.89. The molecular weight excluding hydrogens is 428 g/mol. The van der Waals surface area contributed by atoms with Gasteiger partial charge in [-0.2, -0.15) is 0 Å². The highest BCUT2D eigenvalue weighted by molar-refractivity contribution is 6.00. The Morgan fingerprint density at radius 1 is 1.06 bits per heavy atom. The Morgan fingerprint density at radius 3 is 2.32 bits per heavy atom. The van der Waals surface area contributed by atoms with E-state index in [1.165, 1.54) is 19.3 Å². The van der Waals surface area contributed by atoms with E-state index in [0.29, 0.717) is 18.8 Å². The van der Waals surface area contributed by atoms with Crippen LogP contribution in [-0.4, -0.2) is 66.2 Å². The van der Waals surface area contributed by atoms with Crippen molar-refractivity contribution in [2.45, 2.75) is 97.0 Å². The lowest BCUT2D eigenvalue weighted by Gasteiger charge is -2.41. The summed E-state index contributed by atoms with van der Waals surface area (Å²) in [6, 6.07) is 4.97. The minimum Gasteiger partial charge on any atom is -0.490 e. The summed E-state index contributed by atoms with van der Waals surface area (Å²) in [5.74, 6) is 1.49. The van der Waals surface area contributed by atoms with Crippen molar-refractivity contribution in [2.24, 2.45) is 0 Å². The fraction of sp³-hybridized carbons (Fsp3) is 0.679. The molecule has 0 spiro atoms. The molecule has 0 radical (unpaired) electrons. The summed E-state index contributed by atoms with van der Waals surface area (Å²) in [7, 11) is 0. The summed E-state index contributed by atoms with van der Waals surface area (Å²) in [6.45, 7) is 13.8. The molecule has 2 atom stereocenters. The first-order valence-electron chi connectivity index (χ1n) is 13.2. The number of hydrogen-bond acceptors (Lipinski definition) is 5. The maximum Gasteiger partial charge on any atom is 0.290 e. The highest BCUT2D eigenvalue weighted by Crippen LogP contribution is 2.37. The van der Waals surface area contributed by atoms with Gasteiger partial charge in [0.1, 0.15) is 17.4 Å². The number of aryl methyl sites for hydroxylation is 1. The van der Waals surface area contributed by atoms with E-state index in [4.69, 9.17) is 13.9 Å². The number of piperidine rings is 1. The number of nitrogens with zero attached hydrogens (tertiary/aromatic N) is 2. The molecule has 3 fully saturated rings. The standard InChI is InChI=1S/C28H40N2O4/c1-17(2)26-23-13-18(3)24(33-22-9-11-29(12-10-22)21-7-6-8-21)14-25(23)34-27(26)28(31)30-15-19(4)32-20(5)16-30/h13-14,17,19-22H,6-12,15-16H2,1-5H3. The van der Waals surface area contributed by atoms with Gasteiger partial charge >= 0.3 is 0 Å². The second-order valence-corrected chi connectivity index (χ2v) is 11.0. The molecule has 1 aliphatic carbocycles. The van der Waals surface area contributed by atoms with Crippen molar-refractivity contribution in [3.63, 3.8) is 0 Å². The number of furan rings is 1. The van der Waals surface area contributed by atoms with Crippen LogP contribution in [0.1, 0.15) is 87.4 Å². The molecule has 1 amide bonds. The van der Waals surface area contributed by atoms with Crippen LogP contribution in [0.5, 0.6) is 5.75 Å². The lowest BCUT2D eigenvalue weighted by atomic mass is 9.90. The second kappa shape index (κ2) is 9.54. The lowest BCUT2D eigenvalue weighted by Crippen LogP contribution is -2.48. The summed E-state index contributed by atoms with van der Waals surface area (Å²) in [6.07, 6.45) is 6.54. The summed E-state index contributed by atoms with van der Waals surface area (Å²) < 4.78 is 18.6. The van der Waals surface area contributed by atoms with E-state index >= 15 is 0 Å². The molecule has 5 rings (SSSR count). The molecule has 2 aromatic rings. The normalized spacial score (nSPS) is 25.2. The van der Waals surface area contributed by atoms with E-state index in [2.05, 4.69) is 31.7 Å². The van der Waals surface area contributed by atoms with E-state index < -0.39 is 0 Å². The van der Waals surface area contributed by atoms with Crippen molar-refractivity contribution in [3.05, 3.63) is 29.0 Å². The molecule has 3 heterocycles. The Labute approximate surface area is 203 Å². The number of ether oxygens (including phenoxy) is 2. The van der Waals surface area contributed by atoms with Gasteiger partial charge in [0.2, 0.25) is 0 Å². The molecule has 2 aliphatic heterocycles. The minimum atomic E-state index is -0.0367. The zero-order chi connectivity index (χ0) is 24.0. The molecule has 0 bridgehead atoms. The lowest BCUT2D eigenvalue weighted by molar-refractivity contribution is -0.0592. The van der Waals surface area contributed by atoms with Gasteiger partial charge < -0.3 is 23.7 Å². The summed E-state index contributed by atoms with van der Waals surface area (Å²) >= 11 is 0. The smallest absolute Gasteiger partial charge is 0.290 e. The highest BCUT2D eigenvalue weighted by Gasteiger charge is 2.33. The van der Waals surface area contributed by atoms with Crippen LogP contribution in [0.2, 0.25) is 0 Å². The van der Waals surface area contributed by atoms with E-state index in [1.807, 2.05) is 24.8 Å². The molecule has 2 unspecified atom stereocenters. The van der Waals surface area contributed by atoms with Gasteiger partial charge in [-0.1, -0.05) is 20.3 Å². The monoisotopic (exact) mass is 468 g/mol. The first kappa shape index (κ1) is 23.7. The number of likely N-dealkylation sites (tertiary alicyclic amines) is 1. The Bertz CT molecular complexity index is 1020. The van der Waals surface area contributed by atoms with Gasteiger partial charge in [-0.05, 0) is 64.0 Å². The molecule has 6 heteroatoms. The van der Waals surface area contributed by atoms with E-state index in [9.17, 15) is 4.79 Å². The first-order chi connectivity index (χ1) is 16.3. The second-order valence-electron chi connectivity index (χ2n) is 11.0. The summed E-state index contributed by atoms with van der Waals surface area (Å²) in [4.78, 5) is 18.1. The van der Waals surface area contributed by atoms with Crippen LogP contribution < -0.4 is 4.74 Å². The third-order valence-corrected chi connectivity index (χ3v) is 7.86. The van der Waals surface area contributed by atoms with Crippen molar-refractivity contribution in [3.8, 4) is 5.75 Å². The van der Waals surface area contributed by atoms with Crippen LogP contribution in [0.3, 0.4) is 0 Å². The Kier molecular flexibility index (Phi) is 6.64. The fourth-order valence-electron chi connectivity index (χ4n) is 5.89. The number of rotatable bonds is 5. The zero-order valence-electron chi connectivity index (χ0n) is 21.4. The number of fused-ring (bicyclic) bond motifs is 1. The van der Waals surface area contributed by atoms with E-state index in [-0.39, 0.29) is 30.1 Å². The van der Waals surface area contributed by atoms with Crippen LogP contribution in [-0.2, 0) is 4.74 Å². The Balaban J connectivity index is 1.37. The molecule has 0 N–H and O–H groups in total. The molecule has 2 saturated heterocycles. The maximum absolute atomic E-state index is 13.5. The van der Waals surface area contributed by atoms with Gasteiger partial charge in [0.25, 0.3) is 5.91 Å². The Hall–Kier alpha value is -2.05. The topological polar surface area (TPSA) is 55.2 Å². The molecule has 186 valence electrons. The summed E-state index contributed by atoms with van der Waals surface area (Å²) in [5.41, 5.74) is 2.84. The zero-order valence-corrected chi connectivity index (χ0v) is 21.4. The van der Waals surface area contributed by atoms with Crippen molar-refractivity contribution >= 4 is 16.9 Å².